The second kappa shape index (κ2) is 5.21. The number of thiazole rings is 1. The van der Waals surface area contributed by atoms with Crippen molar-refractivity contribution in [3.63, 3.8) is 0 Å². The van der Waals surface area contributed by atoms with Gasteiger partial charge in [0.2, 0.25) is 0 Å². The summed E-state index contributed by atoms with van der Waals surface area (Å²) in [5.41, 5.74) is 4.01. The Morgan fingerprint density at radius 2 is 2.00 bits per heavy atom. The van der Waals surface area contributed by atoms with Crippen LogP contribution in [-0.4, -0.2) is 4.98 Å². The van der Waals surface area contributed by atoms with Crippen LogP contribution in [0.15, 0.2) is 29.6 Å². The average molecular weight is 258 g/mol. The summed E-state index contributed by atoms with van der Waals surface area (Å²) in [5, 5.41) is 6.70. The van der Waals surface area contributed by atoms with Gasteiger partial charge in [-0.3, -0.25) is 0 Å². The van der Waals surface area contributed by atoms with Gasteiger partial charge >= 0.3 is 0 Å². The minimum Gasteiger partial charge on any atom is -0.307 e. The topological polar surface area (TPSA) is 24.9 Å². The highest BCUT2D eigenvalue weighted by Crippen LogP contribution is 2.39. The van der Waals surface area contributed by atoms with Crippen LogP contribution in [0.5, 0.6) is 0 Å². The van der Waals surface area contributed by atoms with Crippen molar-refractivity contribution in [3.8, 4) is 0 Å². The van der Waals surface area contributed by atoms with Crippen LogP contribution in [0.3, 0.4) is 0 Å². The molecule has 1 fully saturated rings. The third kappa shape index (κ3) is 2.98. The van der Waals surface area contributed by atoms with Crippen molar-refractivity contribution in [1.82, 2.24) is 10.3 Å². The van der Waals surface area contributed by atoms with Crippen molar-refractivity contribution < 1.29 is 0 Å². The zero-order valence-corrected chi connectivity index (χ0v) is 11.5. The molecule has 1 aromatic carbocycles. The van der Waals surface area contributed by atoms with Crippen molar-refractivity contribution >= 4 is 11.3 Å². The fraction of sp³-hybridized carbons (Fsp3) is 0.400. The van der Waals surface area contributed by atoms with Gasteiger partial charge in [0.25, 0.3) is 0 Å². The van der Waals surface area contributed by atoms with E-state index in [-0.39, 0.29) is 0 Å². The number of benzene rings is 1. The molecule has 1 heterocycles. The summed E-state index contributed by atoms with van der Waals surface area (Å²) < 4.78 is 0. The van der Waals surface area contributed by atoms with Crippen molar-refractivity contribution in [3.05, 3.63) is 51.5 Å². The van der Waals surface area contributed by atoms with E-state index in [0.717, 1.165) is 29.7 Å². The number of rotatable bonds is 5. The Kier molecular flexibility index (Phi) is 3.43. The fourth-order valence-electron chi connectivity index (χ4n) is 2.15. The summed E-state index contributed by atoms with van der Waals surface area (Å²) in [7, 11) is 0. The van der Waals surface area contributed by atoms with Crippen molar-refractivity contribution in [2.75, 3.05) is 0 Å². The Hall–Kier alpha value is -1.19. The zero-order valence-electron chi connectivity index (χ0n) is 10.6. The Morgan fingerprint density at radius 1 is 1.22 bits per heavy atom. The summed E-state index contributed by atoms with van der Waals surface area (Å²) in [6.07, 6.45) is 2.75. The normalized spacial score (nSPS) is 14.9. The lowest BCUT2D eigenvalue weighted by Gasteiger charge is -2.04. The van der Waals surface area contributed by atoms with E-state index in [0.29, 0.717) is 0 Å². The second-order valence-corrected chi connectivity index (χ2v) is 6.04. The highest BCUT2D eigenvalue weighted by Gasteiger charge is 2.22. The first kappa shape index (κ1) is 11.9. The molecule has 0 unspecified atom stereocenters. The Balaban J connectivity index is 1.50. The number of aromatic nitrogens is 1. The molecule has 0 atom stereocenters. The molecule has 0 amide bonds. The van der Waals surface area contributed by atoms with E-state index in [1.807, 2.05) is 6.92 Å². The lowest BCUT2D eigenvalue weighted by atomic mass is 10.1. The van der Waals surface area contributed by atoms with E-state index < -0.39 is 0 Å². The van der Waals surface area contributed by atoms with Gasteiger partial charge in [0, 0.05) is 18.5 Å². The molecule has 1 aromatic heterocycles. The third-order valence-electron chi connectivity index (χ3n) is 3.33. The van der Waals surface area contributed by atoms with E-state index in [2.05, 4.69) is 39.9 Å². The highest BCUT2D eigenvalue weighted by molar-refractivity contribution is 7.09. The smallest absolute Gasteiger partial charge is 0.0897 e. The minimum atomic E-state index is 0.852. The quantitative estimate of drug-likeness (QED) is 0.886. The Bertz CT molecular complexity index is 512. The van der Waals surface area contributed by atoms with Crippen molar-refractivity contribution in [2.45, 2.75) is 38.8 Å². The first-order valence-corrected chi connectivity index (χ1v) is 7.40. The molecule has 3 heteroatoms. The molecular weight excluding hydrogens is 240 g/mol. The van der Waals surface area contributed by atoms with E-state index in [9.17, 15) is 0 Å². The fourth-order valence-corrected chi connectivity index (χ4v) is 2.76. The molecule has 18 heavy (non-hydrogen) atoms. The van der Waals surface area contributed by atoms with Crippen LogP contribution in [0.25, 0.3) is 0 Å². The maximum Gasteiger partial charge on any atom is 0.0897 e. The summed E-state index contributed by atoms with van der Waals surface area (Å²) >= 11 is 1.71. The number of nitrogens with one attached hydrogen (secondary N) is 1. The Labute approximate surface area is 112 Å². The van der Waals surface area contributed by atoms with Crippen LogP contribution in [0.1, 0.15) is 40.6 Å². The SMILES string of the molecule is Cc1nc(CNCc2ccc(C3CC3)cc2)cs1. The zero-order chi connectivity index (χ0) is 12.4. The highest BCUT2D eigenvalue weighted by atomic mass is 32.1. The van der Waals surface area contributed by atoms with Gasteiger partial charge in [0.05, 0.1) is 10.7 Å². The Morgan fingerprint density at radius 3 is 2.61 bits per heavy atom. The van der Waals surface area contributed by atoms with Gasteiger partial charge < -0.3 is 5.32 Å². The molecule has 0 aliphatic heterocycles. The summed E-state index contributed by atoms with van der Waals surface area (Å²) in [6, 6.07) is 9.04. The first-order valence-electron chi connectivity index (χ1n) is 6.52. The minimum absolute atomic E-state index is 0.852. The molecule has 1 saturated carbocycles. The molecule has 2 nitrogen and oxygen atoms in total. The van der Waals surface area contributed by atoms with E-state index in [4.69, 9.17) is 0 Å². The second-order valence-electron chi connectivity index (χ2n) is 4.98. The van der Waals surface area contributed by atoms with Gasteiger partial charge in [-0.25, -0.2) is 4.98 Å². The van der Waals surface area contributed by atoms with E-state index >= 15 is 0 Å². The van der Waals surface area contributed by atoms with Crippen LogP contribution >= 0.6 is 11.3 Å². The molecule has 0 saturated heterocycles. The predicted octanol–water partition coefficient (Wildman–Crippen LogP) is 3.62. The number of hydrogen-bond donors (Lipinski definition) is 1. The summed E-state index contributed by atoms with van der Waals surface area (Å²) in [5.74, 6) is 0.852. The van der Waals surface area contributed by atoms with Crippen LogP contribution in [0.4, 0.5) is 0 Å². The summed E-state index contributed by atoms with van der Waals surface area (Å²) in [4.78, 5) is 4.44. The van der Waals surface area contributed by atoms with Gasteiger partial charge in [-0.05, 0) is 36.8 Å². The molecule has 0 bridgehead atoms. The predicted molar refractivity (Wildman–Crippen MR) is 75.8 cm³/mol. The average Bonchev–Trinajstić information content (AvgIpc) is 3.15. The molecule has 94 valence electrons. The van der Waals surface area contributed by atoms with Crippen molar-refractivity contribution in [2.24, 2.45) is 0 Å². The molecule has 2 aromatic rings. The monoisotopic (exact) mass is 258 g/mol. The standard InChI is InChI=1S/C15H18N2S/c1-11-17-15(10-18-11)9-16-8-12-2-4-13(5-3-12)14-6-7-14/h2-5,10,14,16H,6-9H2,1H3. The van der Waals surface area contributed by atoms with Gasteiger partial charge in [0.15, 0.2) is 0 Å². The lowest BCUT2D eigenvalue weighted by Crippen LogP contribution is -2.12. The van der Waals surface area contributed by atoms with Crippen LogP contribution < -0.4 is 5.32 Å². The molecule has 1 N–H and O–H groups in total. The lowest BCUT2D eigenvalue weighted by molar-refractivity contribution is 0.681. The van der Waals surface area contributed by atoms with Gasteiger partial charge in [-0.2, -0.15) is 0 Å². The molecule has 0 radical (unpaired) electrons. The van der Waals surface area contributed by atoms with E-state index in [1.54, 1.807) is 11.3 Å². The van der Waals surface area contributed by atoms with Gasteiger partial charge in [0.1, 0.15) is 0 Å². The molecule has 1 aliphatic rings. The van der Waals surface area contributed by atoms with Gasteiger partial charge in [-0.1, -0.05) is 24.3 Å². The maximum absolute atomic E-state index is 4.44. The summed E-state index contributed by atoms with van der Waals surface area (Å²) in [6.45, 7) is 3.82. The first-order chi connectivity index (χ1) is 8.81. The van der Waals surface area contributed by atoms with Crippen molar-refractivity contribution in [1.29, 1.82) is 0 Å². The van der Waals surface area contributed by atoms with Crippen LogP contribution in [-0.2, 0) is 13.1 Å². The number of nitrogens with zero attached hydrogens (tertiary/aromatic N) is 1. The number of aryl methyl sites for hydroxylation is 1. The van der Waals surface area contributed by atoms with Crippen LogP contribution in [0.2, 0.25) is 0 Å². The van der Waals surface area contributed by atoms with Crippen LogP contribution in [0, 0.1) is 6.92 Å². The molecular formula is C15H18N2S. The molecule has 3 rings (SSSR count). The third-order valence-corrected chi connectivity index (χ3v) is 4.15. The van der Waals surface area contributed by atoms with E-state index in [1.165, 1.54) is 24.0 Å². The molecule has 1 aliphatic carbocycles. The van der Waals surface area contributed by atoms with Gasteiger partial charge in [-0.15, -0.1) is 11.3 Å². The number of hydrogen-bond acceptors (Lipinski definition) is 3. The molecule has 0 spiro atoms. The maximum atomic E-state index is 4.44. The largest absolute Gasteiger partial charge is 0.307 e.